The summed E-state index contributed by atoms with van der Waals surface area (Å²) in [6.07, 6.45) is 4.23. The summed E-state index contributed by atoms with van der Waals surface area (Å²) in [6.45, 7) is 2.20. The molecule has 0 amide bonds. The fourth-order valence-electron chi connectivity index (χ4n) is 2.82. The second kappa shape index (κ2) is 6.87. The van der Waals surface area contributed by atoms with Crippen molar-refractivity contribution in [1.82, 2.24) is 15.0 Å². The summed E-state index contributed by atoms with van der Waals surface area (Å²) in [5.41, 5.74) is 1.76. The molecular formula is C18H20N4O3S. The number of pyridine rings is 1. The smallest absolute Gasteiger partial charge is 0.180 e. The van der Waals surface area contributed by atoms with E-state index < -0.39 is 9.84 Å². The second-order valence-corrected chi connectivity index (χ2v) is 8.04. The molecule has 1 aromatic carbocycles. The lowest BCUT2D eigenvalue weighted by molar-refractivity contribution is 0.419. The Bertz CT molecular complexity index is 1070. The van der Waals surface area contributed by atoms with Crippen LogP contribution in [0.5, 0.6) is 5.75 Å². The van der Waals surface area contributed by atoms with Gasteiger partial charge in [0, 0.05) is 31.4 Å². The van der Waals surface area contributed by atoms with E-state index in [9.17, 15) is 8.42 Å². The van der Waals surface area contributed by atoms with Crippen LogP contribution in [0.3, 0.4) is 0 Å². The quantitative estimate of drug-likeness (QED) is 0.680. The molecule has 0 spiro atoms. The Morgan fingerprint density at radius 3 is 2.65 bits per heavy atom. The third kappa shape index (κ3) is 3.45. The number of benzene rings is 1. The summed E-state index contributed by atoms with van der Waals surface area (Å²) in [5.74, 6) is 1.59. The number of hydrogen-bond acceptors (Lipinski definition) is 7. The van der Waals surface area contributed by atoms with Gasteiger partial charge >= 0.3 is 0 Å². The van der Waals surface area contributed by atoms with Crippen LogP contribution in [0.2, 0.25) is 0 Å². The number of sulfone groups is 1. The summed E-state index contributed by atoms with van der Waals surface area (Å²) in [7, 11) is -0.0229. The number of anilines is 1. The molecule has 0 saturated heterocycles. The minimum absolute atomic E-state index is 0.113. The van der Waals surface area contributed by atoms with Crippen molar-refractivity contribution in [3.05, 3.63) is 48.0 Å². The Hall–Kier alpha value is -2.74. The Morgan fingerprint density at radius 2 is 1.96 bits per heavy atom. The SMILES string of the molecule is COc1ccc(CN(C)c2nc(C)ncc2S(C)(=O)=O)c2cccnc12. The number of fused-ring (bicyclic) bond motifs is 1. The zero-order valence-electron chi connectivity index (χ0n) is 15.1. The number of ether oxygens (including phenoxy) is 1. The maximum atomic E-state index is 12.1. The molecule has 0 unspecified atom stereocenters. The van der Waals surface area contributed by atoms with Gasteiger partial charge in [-0.15, -0.1) is 0 Å². The van der Waals surface area contributed by atoms with Gasteiger partial charge in [-0.05, 0) is 24.6 Å². The molecule has 136 valence electrons. The van der Waals surface area contributed by atoms with E-state index in [1.54, 1.807) is 25.1 Å². The summed E-state index contributed by atoms with van der Waals surface area (Å²) in [5, 5.41) is 0.949. The van der Waals surface area contributed by atoms with E-state index in [0.29, 0.717) is 23.9 Å². The minimum Gasteiger partial charge on any atom is -0.494 e. The molecule has 0 N–H and O–H groups in total. The van der Waals surface area contributed by atoms with Gasteiger partial charge in [-0.2, -0.15) is 0 Å². The van der Waals surface area contributed by atoms with Gasteiger partial charge in [-0.3, -0.25) is 4.98 Å². The predicted octanol–water partition coefficient (Wildman–Crippen LogP) is 2.38. The van der Waals surface area contributed by atoms with Crippen molar-refractivity contribution in [3.8, 4) is 5.75 Å². The monoisotopic (exact) mass is 372 g/mol. The Balaban J connectivity index is 2.06. The summed E-state index contributed by atoms with van der Waals surface area (Å²) < 4.78 is 29.5. The van der Waals surface area contributed by atoms with Crippen LogP contribution < -0.4 is 9.64 Å². The van der Waals surface area contributed by atoms with Crippen LogP contribution in [0.15, 0.2) is 41.6 Å². The van der Waals surface area contributed by atoms with Crippen LogP contribution >= 0.6 is 0 Å². The van der Waals surface area contributed by atoms with E-state index in [-0.39, 0.29) is 4.90 Å². The van der Waals surface area contributed by atoms with E-state index in [2.05, 4.69) is 15.0 Å². The lowest BCUT2D eigenvalue weighted by Crippen LogP contribution is -2.21. The Labute approximate surface area is 152 Å². The average molecular weight is 372 g/mol. The number of aryl methyl sites for hydroxylation is 1. The van der Waals surface area contributed by atoms with Crippen molar-refractivity contribution < 1.29 is 13.2 Å². The van der Waals surface area contributed by atoms with Crippen molar-refractivity contribution in [1.29, 1.82) is 0 Å². The highest BCUT2D eigenvalue weighted by Crippen LogP contribution is 2.29. The Morgan fingerprint density at radius 1 is 1.19 bits per heavy atom. The summed E-state index contributed by atoms with van der Waals surface area (Å²) in [6, 6.07) is 7.65. The van der Waals surface area contributed by atoms with Gasteiger partial charge < -0.3 is 9.64 Å². The van der Waals surface area contributed by atoms with Crippen LogP contribution in [-0.2, 0) is 16.4 Å². The lowest BCUT2D eigenvalue weighted by atomic mass is 10.1. The van der Waals surface area contributed by atoms with Crippen LogP contribution in [0, 0.1) is 6.92 Å². The number of rotatable bonds is 5. The Kier molecular flexibility index (Phi) is 4.78. The standard InChI is InChI=1S/C18H20N4O3S/c1-12-20-10-16(26(4,23)24)18(21-12)22(2)11-13-7-8-15(25-3)17-14(13)6-5-9-19-17/h5-10H,11H2,1-4H3. The predicted molar refractivity (Wildman–Crippen MR) is 100 cm³/mol. The van der Waals surface area contributed by atoms with Gasteiger partial charge in [0.25, 0.3) is 0 Å². The largest absolute Gasteiger partial charge is 0.494 e. The average Bonchev–Trinajstić information content (AvgIpc) is 2.61. The van der Waals surface area contributed by atoms with E-state index in [1.807, 2.05) is 31.3 Å². The highest BCUT2D eigenvalue weighted by Gasteiger charge is 2.20. The molecule has 7 nitrogen and oxygen atoms in total. The molecule has 2 aromatic heterocycles. The normalized spacial score (nSPS) is 11.5. The number of methoxy groups -OCH3 is 1. The molecule has 0 aliphatic carbocycles. The first-order chi connectivity index (χ1) is 12.3. The number of nitrogens with zero attached hydrogens (tertiary/aromatic N) is 4. The van der Waals surface area contributed by atoms with Crippen molar-refractivity contribution >= 4 is 26.6 Å². The maximum absolute atomic E-state index is 12.1. The van der Waals surface area contributed by atoms with Crippen molar-refractivity contribution in [2.45, 2.75) is 18.4 Å². The fourth-order valence-corrected chi connectivity index (χ4v) is 3.60. The van der Waals surface area contributed by atoms with Gasteiger partial charge in [0.1, 0.15) is 22.0 Å². The molecule has 8 heteroatoms. The molecule has 0 saturated carbocycles. The first-order valence-corrected chi connectivity index (χ1v) is 9.86. The zero-order chi connectivity index (χ0) is 18.9. The van der Waals surface area contributed by atoms with Crippen molar-refractivity contribution in [2.75, 3.05) is 25.3 Å². The molecular weight excluding hydrogens is 352 g/mol. The highest BCUT2D eigenvalue weighted by atomic mass is 32.2. The molecule has 0 aliphatic rings. The van der Waals surface area contributed by atoms with Crippen molar-refractivity contribution in [2.24, 2.45) is 0 Å². The van der Waals surface area contributed by atoms with Gasteiger partial charge in [0.2, 0.25) is 0 Å². The van der Waals surface area contributed by atoms with E-state index in [1.165, 1.54) is 6.20 Å². The van der Waals surface area contributed by atoms with Gasteiger partial charge in [0.05, 0.1) is 13.3 Å². The van der Waals surface area contributed by atoms with Gasteiger partial charge in [-0.1, -0.05) is 12.1 Å². The molecule has 0 aliphatic heterocycles. The van der Waals surface area contributed by atoms with Gasteiger partial charge in [0.15, 0.2) is 15.7 Å². The zero-order valence-corrected chi connectivity index (χ0v) is 15.9. The molecule has 0 bridgehead atoms. The minimum atomic E-state index is -3.44. The lowest BCUT2D eigenvalue weighted by Gasteiger charge is -2.22. The fraction of sp³-hybridized carbons (Fsp3) is 0.278. The molecule has 3 rings (SSSR count). The molecule has 2 heterocycles. The van der Waals surface area contributed by atoms with Crippen LogP contribution in [0.1, 0.15) is 11.4 Å². The number of hydrogen-bond donors (Lipinski definition) is 0. The molecule has 26 heavy (non-hydrogen) atoms. The van der Waals surface area contributed by atoms with Crippen LogP contribution in [0.25, 0.3) is 10.9 Å². The topological polar surface area (TPSA) is 85.3 Å². The van der Waals surface area contributed by atoms with Gasteiger partial charge in [-0.25, -0.2) is 18.4 Å². The van der Waals surface area contributed by atoms with E-state index in [0.717, 1.165) is 22.7 Å². The molecule has 0 fully saturated rings. The first kappa shape index (κ1) is 18.1. The number of aromatic nitrogens is 3. The molecule has 0 radical (unpaired) electrons. The first-order valence-electron chi connectivity index (χ1n) is 7.96. The second-order valence-electron chi connectivity index (χ2n) is 6.06. The molecule has 0 atom stereocenters. The molecule has 3 aromatic rings. The third-order valence-electron chi connectivity index (χ3n) is 4.07. The third-order valence-corrected chi connectivity index (χ3v) is 5.16. The van der Waals surface area contributed by atoms with E-state index >= 15 is 0 Å². The van der Waals surface area contributed by atoms with Crippen LogP contribution in [-0.4, -0.2) is 43.8 Å². The van der Waals surface area contributed by atoms with Crippen LogP contribution in [0.4, 0.5) is 5.82 Å². The van der Waals surface area contributed by atoms with Crippen molar-refractivity contribution in [3.63, 3.8) is 0 Å². The highest BCUT2D eigenvalue weighted by molar-refractivity contribution is 7.90. The maximum Gasteiger partial charge on any atom is 0.180 e. The summed E-state index contributed by atoms with van der Waals surface area (Å²) >= 11 is 0. The van der Waals surface area contributed by atoms with E-state index in [4.69, 9.17) is 4.74 Å². The summed E-state index contributed by atoms with van der Waals surface area (Å²) in [4.78, 5) is 14.7.